The van der Waals surface area contributed by atoms with E-state index in [1.165, 1.54) is 0 Å². The molecule has 0 saturated heterocycles. The summed E-state index contributed by atoms with van der Waals surface area (Å²) in [5.74, 6) is 1.35. The fourth-order valence-corrected chi connectivity index (χ4v) is 1.93. The van der Waals surface area contributed by atoms with E-state index in [4.69, 9.17) is 9.47 Å². The second kappa shape index (κ2) is 9.19. The molecular formula is C18H21N3O3. The van der Waals surface area contributed by atoms with Crippen LogP contribution in [0.2, 0.25) is 0 Å². The van der Waals surface area contributed by atoms with Crippen LogP contribution in [0, 0.1) is 0 Å². The normalized spacial score (nSPS) is 10.4. The predicted octanol–water partition coefficient (Wildman–Crippen LogP) is 2.66. The third-order valence-electron chi connectivity index (χ3n) is 3.14. The second-order valence-corrected chi connectivity index (χ2v) is 4.88. The Bertz CT molecular complexity index is 667. The lowest BCUT2D eigenvalue weighted by atomic mass is 10.2. The van der Waals surface area contributed by atoms with Crippen LogP contribution in [0.3, 0.4) is 0 Å². The van der Waals surface area contributed by atoms with Crippen LogP contribution in [0.4, 0.5) is 5.69 Å². The van der Waals surface area contributed by atoms with Crippen LogP contribution in [0.1, 0.15) is 12.5 Å². The predicted molar refractivity (Wildman–Crippen MR) is 94.8 cm³/mol. The molecule has 0 radical (unpaired) electrons. The average Bonchev–Trinajstić information content (AvgIpc) is 2.62. The van der Waals surface area contributed by atoms with Gasteiger partial charge in [0.25, 0.3) is 5.91 Å². The van der Waals surface area contributed by atoms with Gasteiger partial charge in [0.05, 0.1) is 26.5 Å². The number of benzene rings is 2. The molecule has 0 fully saturated rings. The highest BCUT2D eigenvalue weighted by Crippen LogP contribution is 2.14. The van der Waals surface area contributed by atoms with E-state index in [2.05, 4.69) is 15.8 Å². The van der Waals surface area contributed by atoms with Crippen molar-refractivity contribution in [2.45, 2.75) is 6.92 Å². The number of carbonyl (C=O) groups is 1. The Kier molecular flexibility index (Phi) is 6.64. The zero-order chi connectivity index (χ0) is 17.2. The van der Waals surface area contributed by atoms with Gasteiger partial charge in [0.2, 0.25) is 0 Å². The zero-order valence-electron chi connectivity index (χ0n) is 13.8. The van der Waals surface area contributed by atoms with Crippen LogP contribution in [0.5, 0.6) is 11.5 Å². The summed E-state index contributed by atoms with van der Waals surface area (Å²) in [5, 5.41) is 6.94. The minimum atomic E-state index is -0.229. The Morgan fingerprint density at radius 1 is 1.08 bits per heavy atom. The number of hydrazone groups is 1. The van der Waals surface area contributed by atoms with Gasteiger partial charge in [-0.05, 0) is 61.0 Å². The number of hydrogen-bond donors (Lipinski definition) is 2. The molecule has 0 saturated carbocycles. The maximum atomic E-state index is 11.7. The van der Waals surface area contributed by atoms with E-state index in [9.17, 15) is 4.79 Å². The monoisotopic (exact) mass is 327 g/mol. The molecule has 2 aromatic rings. The van der Waals surface area contributed by atoms with Crippen molar-refractivity contribution in [1.29, 1.82) is 0 Å². The lowest BCUT2D eigenvalue weighted by Crippen LogP contribution is -2.25. The molecule has 1 amide bonds. The summed E-state index contributed by atoms with van der Waals surface area (Å²) in [6, 6.07) is 14.8. The molecule has 0 spiro atoms. The van der Waals surface area contributed by atoms with E-state index in [1.54, 1.807) is 13.3 Å². The van der Waals surface area contributed by atoms with E-state index in [0.717, 1.165) is 22.7 Å². The van der Waals surface area contributed by atoms with E-state index in [-0.39, 0.29) is 12.5 Å². The maximum Gasteiger partial charge on any atom is 0.259 e. The minimum absolute atomic E-state index is 0.132. The van der Waals surface area contributed by atoms with Crippen LogP contribution < -0.4 is 20.2 Å². The molecule has 0 aliphatic rings. The molecule has 0 heterocycles. The van der Waals surface area contributed by atoms with Crippen LogP contribution in [-0.2, 0) is 4.79 Å². The molecule has 2 aromatic carbocycles. The lowest BCUT2D eigenvalue weighted by Gasteiger charge is -2.06. The van der Waals surface area contributed by atoms with Gasteiger partial charge >= 0.3 is 0 Å². The van der Waals surface area contributed by atoms with Crippen molar-refractivity contribution in [2.75, 3.05) is 25.6 Å². The fourth-order valence-electron chi connectivity index (χ4n) is 1.93. The third kappa shape index (κ3) is 5.64. The van der Waals surface area contributed by atoms with Crippen LogP contribution in [-0.4, -0.2) is 32.4 Å². The minimum Gasteiger partial charge on any atom is -0.497 e. The van der Waals surface area contributed by atoms with Gasteiger partial charge in [-0.3, -0.25) is 4.79 Å². The highest BCUT2D eigenvalue weighted by Gasteiger charge is 2.00. The van der Waals surface area contributed by atoms with Gasteiger partial charge in [-0.25, -0.2) is 5.43 Å². The van der Waals surface area contributed by atoms with Gasteiger partial charge in [0.1, 0.15) is 11.5 Å². The summed E-state index contributed by atoms with van der Waals surface area (Å²) >= 11 is 0. The number of nitrogens with one attached hydrogen (secondary N) is 2. The number of amides is 1. The average molecular weight is 327 g/mol. The number of ether oxygens (including phenoxy) is 2. The molecular weight excluding hydrogens is 306 g/mol. The van der Waals surface area contributed by atoms with Crippen LogP contribution in [0.15, 0.2) is 53.6 Å². The Morgan fingerprint density at radius 3 is 2.38 bits per heavy atom. The second-order valence-electron chi connectivity index (χ2n) is 4.88. The summed E-state index contributed by atoms with van der Waals surface area (Å²) in [5.41, 5.74) is 4.19. The third-order valence-corrected chi connectivity index (χ3v) is 3.14. The summed E-state index contributed by atoms with van der Waals surface area (Å²) < 4.78 is 10.4. The van der Waals surface area contributed by atoms with Crippen molar-refractivity contribution in [1.82, 2.24) is 5.43 Å². The van der Waals surface area contributed by atoms with Crippen molar-refractivity contribution in [3.05, 3.63) is 54.1 Å². The van der Waals surface area contributed by atoms with Crippen LogP contribution in [0.25, 0.3) is 0 Å². The summed E-state index contributed by atoms with van der Waals surface area (Å²) in [6.07, 6.45) is 1.58. The Hall–Kier alpha value is -3.02. The number of nitrogens with zero attached hydrogens (tertiary/aromatic N) is 1. The van der Waals surface area contributed by atoms with Crippen molar-refractivity contribution < 1.29 is 14.3 Å². The summed E-state index contributed by atoms with van der Waals surface area (Å²) in [6.45, 7) is 2.70. The Balaban J connectivity index is 1.75. The van der Waals surface area contributed by atoms with E-state index in [1.807, 2.05) is 55.5 Å². The first kappa shape index (κ1) is 17.3. The molecule has 24 heavy (non-hydrogen) atoms. The van der Waals surface area contributed by atoms with Crippen LogP contribution >= 0.6 is 0 Å². The van der Waals surface area contributed by atoms with Crippen molar-refractivity contribution in [2.24, 2.45) is 5.10 Å². The van der Waals surface area contributed by atoms with Gasteiger partial charge in [0.15, 0.2) is 0 Å². The molecule has 0 aliphatic heterocycles. The first-order chi connectivity index (χ1) is 11.7. The Morgan fingerprint density at radius 2 is 1.75 bits per heavy atom. The van der Waals surface area contributed by atoms with Gasteiger partial charge in [-0.15, -0.1) is 0 Å². The number of anilines is 1. The SMILES string of the molecule is CCOc1ccc(C=NNC(=O)CNc2ccc(OC)cc2)cc1. The van der Waals surface area contributed by atoms with Gasteiger partial charge in [-0.2, -0.15) is 5.10 Å². The zero-order valence-corrected chi connectivity index (χ0v) is 13.8. The number of hydrogen-bond acceptors (Lipinski definition) is 5. The largest absolute Gasteiger partial charge is 0.497 e. The standard InChI is InChI=1S/C18H21N3O3/c1-3-24-17-8-4-14(5-9-17)12-20-21-18(22)13-19-15-6-10-16(23-2)11-7-15/h4-12,19H,3,13H2,1-2H3,(H,21,22). The maximum absolute atomic E-state index is 11.7. The number of carbonyl (C=O) groups excluding carboxylic acids is 1. The molecule has 0 atom stereocenters. The van der Waals surface area contributed by atoms with Crippen molar-refractivity contribution >= 4 is 17.8 Å². The lowest BCUT2D eigenvalue weighted by molar-refractivity contribution is -0.119. The summed E-state index contributed by atoms with van der Waals surface area (Å²) in [4.78, 5) is 11.7. The summed E-state index contributed by atoms with van der Waals surface area (Å²) in [7, 11) is 1.61. The molecule has 0 unspecified atom stereocenters. The first-order valence-corrected chi connectivity index (χ1v) is 7.64. The molecule has 0 aliphatic carbocycles. The highest BCUT2D eigenvalue weighted by molar-refractivity contribution is 5.84. The molecule has 0 aromatic heterocycles. The first-order valence-electron chi connectivity index (χ1n) is 7.64. The molecule has 0 bridgehead atoms. The Labute approximate surface area is 141 Å². The molecule has 2 N–H and O–H groups in total. The van der Waals surface area contributed by atoms with Gasteiger partial charge in [0, 0.05) is 5.69 Å². The van der Waals surface area contributed by atoms with E-state index >= 15 is 0 Å². The highest BCUT2D eigenvalue weighted by atomic mass is 16.5. The number of rotatable bonds is 8. The molecule has 6 nitrogen and oxygen atoms in total. The van der Waals surface area contributed by atoms with Crippen molar-refractivity contribution in [3.63, 3.8) is 0 Å². The quantitative estimate of drug-likeness (QED) is 0.577. The molecule has 126 valence electrons. The van der Waals surface area contributed by atoms with E-state index < -0.39 is 0 Å². The van der Waals surface area contributed by atoms with Crippen molar-refractivity contribution in [3.8, 4) is 11.5 Å². The van der Waals surface area contributed by atoms with E-state index in [0.29, 0.717) is 6.61 Å². The van der Waals surface area contributed by atoms with Gasteiger partial charge < -0.3 is 14.8 Å². The fraction of sp³-hybridized carbons (Fsp3) is 0.222. The molecule has 2 rings (SSSR count). The number of methoxy groups -OCH3 is 1. The smallest absolute Gasteiger partial charge is 0.259 e. The van der Waals surface area contributed by atoms with Gasteiger partial charge in [-0.1, -0.05) is 0 Å². The molecule has 6 heteroatoms. The topological polar surface area (TPSA) is 72.0 Å².